The lowest BCUT2D eigenvalue weighted by molar-refractivity contribution is -0.121. The Balaban J connectivity index is 1.32. The summed E-state index contributed by atoms with van der Waals surface area (Å²) in [5.74, 6) is -0.617. The molecule has 1 unspecified atom stereocenters. The number of amides is 2. The van der Waals surface area contributed by atoms with E-state index < -0.39 is 22.8 Å². The molecule has 8 nitrogen and oxygen atoms in total. The maximum absolute atomic E-state index is 15.2. The van der Waals surface area contributed by atoms with Gasteiger partial charge in [-0.1, -0.05) is 94.9 Å². The number of anilines is 2. The number of carbonyl (C=O) groups excluding carboxylic acids is 2. The first-order chi connectivity index (χ1) is 23.2. The van der Waals surface area contributed by atoms with Crippen molar-refractivity contribution in [3.8, 4) is 0 Å². The van der Waals surface area contributed by atoms with E-state index in [2.05, 4.69) is 10.2 Å². The average molecular weight is 691 g/mol. The topological polar surface area (TPSA) is 96.6 Å². The van der Waals surface area contributed by atoms with Gasteiger partial charge in [0.2, 0.25) is 10.9 Å². The Labute approximate surface area is 289 Å². The molecule has 6 aromatic rings. The standard InChI is InChI=1S/C37H27ClN4O4S2/c1-20-8-10-23(11-9-20)18-41-28-7-5-4-6-27(28)37(34(41)45)30-31(43)26-16-21(2)22(3)17-29(26)46-32(30)33(44)42(37)35-39-40-36(48-35)47-19-24-12-14-25(38)15-13-24/h4-17H,18-19H2,1-3H3. The van der Waals surface area contributed by atoms with Crippen LogP contribution in [-0.2, 0) is 22.6 Å². The van der Waals surface area contributed by atoms with Crippen LogP contribution in [0.5, 0.6) is 0 Å². The Morgan fingerprint density at radius 1 is 0.875 bits per heavy atom. The van der Waals surface area contributed by atoms with Crippen LogP contribution in [0, 0.1) is 20.8 Å². The van der Waals surface area contributed by atoms with Gasteiger partial charge in [0.25, 0.3) is 11.8 Å². The Hall–Kier alpha value is -4.77. The lowest BCUT2D eigenvalue weighted by Gasteiger charge is -2.32. The maximum Gasteiger partial charge on any atom is 0.297 e. The Morgan fingerprint density at radius 2 is 1.58 bits per heavy atom. The number of hydrogen-bond donors (Lipinski definition) is 0. The highest BCUT2D eigenvalue weighted by molar-refractivity contribution is 8.00. The van der Waals surface area contributed by atoms with Gasteiger partial charge in [-0.2, -0.15) is 0 Å². The minimum atomic E-state index is -1.85. The summed E-state index contributed by atoms with van der Waals surface area (Å²) in [6.45, 7) is 6.08. The van der Waals surface area contributed by atoms with Crippen molar-refractivity contribution in [2.75, 3.05) is 9.80 Å². The van der Waals surface area contributed by atoms with E-state index in [1.807, 2.05) is 87.5 Å². The van der Waals surface area contributed by atoms with Gasteiger partial charge in [-0.3, -0.25) is 19.3 Å². The number of fused-ring (bicyclic) bond motifs is 5. The number of halogens is 1. The molecule has 0 saturated carbocycles. The Bertz CT molecular complexity index is 2350. The minimum Gasteiger partial charge on any atom is -0.450 e. The summed E-state index contributed by atoms with van der Waals surface area (Å²) in [6, 6.07) is 26.3. The predicted molar refractivity (Wildman–Crippen MR) is 189 cm³/mol. The van der Waals surface area contributed by atoms with Gasteiger partial charge in [-0.05, 0) is 73.4 Å². The number of nitrogens with zero attached hydrogens (tertiary/aromatic N) is 4. The van der Waals surface area contributed by atoms with Gasteiger partial charge >= 0.3 is 0 Å². The molecule has 1 spiro atoms. The van der Waals surface area contributed by atoms with E-state index >= 15 is 4.79 Å². The van der Waals surface area contributed by atoms with Crippen LogP contribution in [0.25, 0.3) is 11.0 Å². The molecule has 11 heteroatoms. The highest BCUT2D eigenvalue weighted by Crippen LogP contribution is 2.55. The first-order valence-corrected chi connectivity index (χ1v) is 17.5. The van der Waals surface area contributed by atoms with Crippen molar-refractivity contribution >= 4 is 68.3 Å². The lowest BCUT2D eigenvalue weighted by atomic mass is 9.84. The fraction of sp³-hybridized carbons (Fsp3) is 0.162. The van der Waals surface area contributed by atoms with E-state index in [0.29, 0.717) is 37.3 Å². The van der Waals surface area contributed by atoms with Crippen molar-refractivity contribution < 1.29 is 14.0 Å². The molecule has 2 aliphatic heterocycles. The van der Waals surface area contributed by atoms with E-state index in [4.69, 9.17) is 16.0 Å². The van der Waals surface area contributed by atoms with Crippen LogP contribution in [0.4, 0.5) is 10.8 Å². The van der Waals surface area contributed by atoms with Crippen molar-refractivity contribution in [1.29, 1.82) is 0 Å². The van der Waals surface area contributed by atoms with Crippen molar-refractivity contribution in [3.05, 3.63) is 145 Å². The fourth-order valence-corrected chi connectivity index (χ4v) is 8.50. The zero-order valence-electron chi connectivity index (χ0n) is 26.1. The number of aryl methyl sites for hydroxylation is 3. The van der Waals surface area contributed by atoms with Gasteiger partial charge in [0, 0.05) is 16.3 Å². The van der Waals surface area contributed by atoms with E-state index in [1.165, 1.54) is 28.0 Å². The van der Waals surface area contributed by atoms with Gasteiger partial charge < -0.3 is 9.32 Å². The van der Waals surface area contributed by atoms with Crippen LogP contribution in [0.3, 0.4) is 0 Å². The second-order valence-electron chi connectivity index (χ2n) is 12.1. The minimum absolute atomic E-state index is 0.00215. The molecule has 238 valence electrons. The lowest BCUT2D eigenvalue weighted by Crippen LogP contribution is -2.53. The van der Waals surface area contributed by atoms with Gasteiger partial charge in [0.15, 0.2) is 15.3 Å². The van der Waals surface area contributed by atoms with Crippen LogP contribution in [0.2, 0.25) is 5.02 Å². The van der Waals surface area contributed by atoms with Crippen LogP contribution in [-0.4, -0.2) is 22.0 Å². The second kappa shape index (κ2) is 11.4. The predicted octanol–water partition coefficient (Wildman–Crippen LogP) is 7.97. The summed E-state index contributed by atoms with van der Waals surface area (Å²) in [5.41, 5.74) is 4.00. The summed E-state index contributed by atoms with van der Waals surface area (Å²) in [5, 5.41) is 10.0. The molecule has 1 atom stereocenters. The van der Waals surface area contributed by atoms with E-state index in [1.54, 1.807) is 23.1 Å². The van der Waals surface area contributed by atoms with E-state index in [9.17, 15) is 9.59 Å². The zero-order chi connectivity index (χ0) is 33.3. The SMILES string of the molecule is Cc1ccc(CN2C(=O)C3(c4ccccc42)c2c(oc4cc(C)c(C)cc4c2=O)C(=O)N3c2nnc(SCc3ccc(Cl)cc3)s2)cc1. The largest absolute Gasteiger partial charge is 0.450 e. The number of benzene rings is 4. The van der Waals surface area contributed by atoms with Gasteiger partial charge in [0.1, 0.15) is 5.58 Å². The van der Waals surface area contributed by atoms with Crippen LogP contribution in [0.15, 0.2) is 98.5 Å². The van der Waals surface area contributed by atoms with E-state index in [-0.39, 0.29) is 23.0 Å². The highest BCUT2D eigenvalue weighted by Gasteiger charge is 2.66. The Morgan fingerprint density at radius 3 is 2.35 bits per heavy atom. The maximum atomic E-state index is 15.2. The fourth-order valence-electron chi connectivity index (χ4n) is 6.53. The third-order valence-corrected chi connectivity index (χ3v) is 11.4. The molecule has 48 heavy (non-hydrogen) atoms. The van der Waals surface area contributed by atoms with Gasteiger partial charge in [-0.15, -0.1) is 10.2 Å². The smallest absolute Gasteiger partial charge is 0.297 e. The zero-order valence-corrected chi connectivity index (χ0v) is 28.5. The van der Waals surface area contributed by atoms with Gasteiger partial charge in [0.05, 0.1) is 23.2 Å². The molecule has 2 aliphatic rings. The molecule has 0 saturated heterocycles. The molecular weight excluding hydrogens is 664 g/mol. The summed E-state index contributed by atoms with van der Waals surface area (Å²) >= 11 is 8.71. The molecule has 0 aliphatic carbocycles. The number of carbonyl (C=O) groups is 2. The highest BCUT2D eigenvalue weighted by atomic mass is 35.5. The summed E-state index contributed by atoms with van der Waals surface area (Å²) in [4.78, 5) is 47.5. The third kappa shape index (κ3) is 4.62. The van der Waals surface area contributed by atoms with Crippen molar-refractivity contribution in [3.63, 3.8) is 0 Å². The first-order valence-electron chi connectivity index (χ1n) is 15.3. The molecule has 8 rings (SSSR count). The molecule has 4 aromatic carbocycles. The molecule has 2 aromatic heterocycles. The Kier molecular flexibility index (Phi) is 7.28. The second-order valence-corrected chi connectivity index (χ2v) is 14.7. The molecule has 4 heterocycles. The van der Waals surface area contributed by atoms with Crippen LogP contribution in [0.1, 0.15) is 49.5 Å². The summed E-state index contributed by atoms with van der Waals surface area (Å²) in [7, 11) is 0. The molecular formula is C37H27ClN4O4S2. The number of rotatable bonds is 6. The molecule has 0 N–H and O–H groups in total. The first kappa shape index (κ1) is 30.6. The number of aromatic nitrogens is 2. The molecule has 0 fully saturated rings. The van der Waals surface area contributed by atoms with Crippen LogP contribution >= 0.6 is 34.7 Å². The number of thioether (sulfide) groups is 1. The van der Waals surface area contributed by atoms with Crippen LogP contribution < -0.4 is 15.2 Å². The van der Waals surface area contributed by atoms with Crippen molar-refractivity contribution in [2.45, 2.75) is 42.9 Å². The summed E-state index contributed by atoms with van der Waals surface area (Å²) in [6.07, 6.45) is 0. The van der Waals surface area contributed by atoms with Crippen molar-refractivity contribution in [2.24, 2.45) is 0 Å². The molecule has 0 radical (unpaired) electrons. The number of hydrogen-bond acceptors (Lipinski definition) is 8. The molecule has 0 bridgehead atoms. The normalized spacial score (nSPS) is 16.8. The summed E-state index contributed by atoms with van der Waals surface area (Å²) < 4.78 is 6.90. The molecule has 2 amide bonds. The third-order valence-electron chi connectivity index (χ3n) is 9.06. The number of para-hydroxylation sites is 1. The van der Waals surface area contributed by atoms with E-state index in [0.717, 1.165) is 27.8 Å². The van der Waals surface area contributed by atoms with Gasteiger partial charge in [-0.25, -0.2) is 0 Å². The monoisotopic (exact) mass is 690 g/mol. The quantitative estimate of drug-likeness (QED) is 0.129. The average Bonchev–Trinajstić information content (AvgIpc) is 3.72. The van der Waals surface area contributed by atoms with Crippen molar-refractivity contribution in [1.82, 2.24) is 10.2 Å².